The molecule has 1 heterocycles. The second kappa shape index (κ2) is 4.68. The number of epoxide rings is 1. The van der Waals surface area contributed by atoms with E-state index in [0.29, 0.717) is 0 Å². The van der Waals surface area contributed by atoms with Crippen LogP contribution in [0.4, 0.5) is 0 Å². The Labute approximate surface area is 155 Å². The van der Waals surface area contributed by atoms with Gasteiger partial charge < -0.3 is 14.9 Å². The summed E-state index contributed by atoms with van der Waals surface area (Å²) in [5.74, 6) is 0. The van der Waals surface area contributed by atoms with Crippen molar-refractivity contribution in [3.05, 3.63) is 69.5 Å². The molecule has 1 saturated heterocycles. The number of hydrogen-bond donors (Lipinski definition) is 2. The smallest absolute Gasteiger partial charge is 0.118 e. The third kappa shape index (κ3) is 1.64. The van der Waals surface area contributed by atoms with Crippen LogP contribution in [0.25, 0.3) is 33.7 Å². The Hall–Kier alpha value is -2.46. The topological polar surface area (TPSA) is 53.0 Å². The van der Waals surface area contributed by atoms with E-state index in [9.17, 15) is 10.2 Å². The van der Waals surface area contributed by atoms with Crippen molar-refractivity contribution in [2.45, 2.75) is 37.3 Å². The Morgan fingerprint density at radius 2 is 1.93 bits per heavy atom. The zero-order valence-corrected chi connectivity index (χ0v) is 14.6. The van der Waals surface area contributed by atoms with Gasteiger partial charge in [-0.1, -0.05) is 42.5 Å². The summed E-state index contributed by atoms with van der Waals surface area (Å²) in [6, 6.07) is 6.45. The van der Waals surface area contributed by atoms with E-state index in [0.717, 1.165) is 29.4 Å². The lowest BCUT2D eigenvalue weighted by molar-refractivity contribution is 0.000160. The zero-order valence-electron chi connectivity index (χ0n) is 14.6. The molecule has 132 valence electrons. The zero-order chi connectivity index (χ0) is 17.9. The average molecular weight is 354 g/mol. The van der Waals surface area contributed by atoms with Crippen molar-refractivity contribution in [3.8, 4) is 0 Å². The first kappa shape index (κ1) is 14.6. The van der Waals surface area contributed by atoms with E-state index >= 15 is 0 Å². The maximum absolute atomic E-state index is 10.8. The minimum atomic E-state index is -0.895. The van der Waals surface area contributed by atoms with Crippen LogP contribution < -0.4 is 5.22 Å². The number of aliphatic hydroxyl groups excluding tert-OH is 2. The van der Waals surface area contributed by atoms with Gasteiger partial charge >= 0.3 is 0 Å². The maximum Gasteiger partial charge on any atom is 0.118 e. The fourth-order valence-corrected chi connectivity index (χ4v) is 5.55. The molecule has 3 aromatic rings. The standard InChI is InChI=1S/C24H18O3/c25-21-16-10-12-9-8-11-4-3-7-14-13-5-1-2-6-15(13)19(18(12)17(11)14)20(16)23-24(27-23)22(21)26/h1-3,6-10,21-26H,4-5H2/t21-,22+,23-,24+/m1/s1. The second-order valence-electron chi connectivity index (χ2n) is 8.12. The quantitative estimate of drug-likeness (QED) is 0.610. The van der Waals surface area contributed by atoms with Crippen LogP contribution in [0.1, 0.15) is 40.0 Å². The molecule has 3 heteroatoms. The molecule has 1 fully saturated rings. The fraction of sp³-hybridized carbons (Fsp3) is 0.250. The summed E-state index contributed by atoms with van der Waals surface area (Å²) in [4.78, 5) is 0. The molecule has 0 radical (unpaired) electrons. The number of benzene rings is 3. The second-order valence-corrected chi connectivity index (χ2v) is 8.12. The summed E-state index contributed by atoms with van der Waals surface area (Å²) < 4.78 is 5.83. The van der Waals surface area contributed by atoms with E-state index in [-0.39, 0.29) is 12.2 Å². The molecule has 27 heavy (non-hydrogen) atoms. The van der Waals surface area contributed by atoms with Crippen molar-refractivity contribution >= 4 is 33.7 Å². The summed E-state index contributed by atoms with van der Waals surface area (Å²) in [5, 5.41) is 27.4. The molecule has 2 N–H and O–H groups in total. The first-order valence-electron chi connectivity index (χ1n) is 9.65. The first-order chi connectivity index (χ1) is 13.2. The monoisotopic (exact) mass is 354 g/mol. The van der Waals surface area contributed by atoms with E-state index in [2.05, 4.69) is 48.6 Å². The van der Waals surface area contributed by atoms with Crippen LogP contribution >= 0.6 is 0 Å². The molecule has 0 saturated carbocycles. The summed E-state index contributed by atoms with van der Waals surface area (Å²) in [5.41, 5.74) is 5.99. The summed E-state index contributed by atoms with van der Waals surface area (Å²) >= 11 is 0. The molecular weight excluding hydrogens is 336 g/mol. The molecule has 1 aliphatic heterocycles. The van der Waals surface area contributed by atoms with Crippen molar-refractivity contribution in [2.75, 3.05) is 0 Å². The van der Waals surface area contributed by atoms with Gasteiger partial charge in [-0.3, -0.25) is 0 Å². The molecule has 0 amide bonds. The van der Waals surface area contributed by atoms with Gasteiger partial charge in [-0.2, -0.15) is 0 Å². The molecule has 0 spiro atoms. The van der Waals surface area contributed by atoms with E-state index in [4.69, 9.17) is 4.74 Å². The summed E-state index contributed by atoms with van der Waals surface area (Å²) in [6.07, 6.45) is 10.8. The van der Waals surface area contributed by atoms with E-state index in [1.165, 1.54) is 38.1 Å². The highest BCUT2D eigenvalue weighted by Gasteiger charge is 2.54. The van der Waals surface area contributed by atoms with Crippen molar-refractivity contribution in [2.24, 2.45) is 0 Å². The molecule has 4 aliphatic rings. The Kier molecular flexibility index (Phi) is 2.53. The fourth-order valence-electron chi connectivity index (χ4n) is 5.55. The highest BCUT2D eigenvalue weighted by atomic mass is 16.6. The Balaban J connectivity index is 1.79. The number of hydrogen-bond acceptors (Lipinski definition) is 3. The molecule has 0 unspecified atom stereocenters. The molecule has 3 nitrogen and oxygen atoms in total. The van der Waals surface area contributed by atoms with Gasteiger partial charge in [-0.05, 0) is 73.5 Å². The van der Waals surface area contributed by atoms with E-state index < -0.39 is 12.2 Å². The normalized spacial score (nSPS) is 29.4. The van der Waals surface area contributed by atoms with Crippen molar-refractivity contribution in [1.82, 2.24) is 0 Å². The van der Waals surface area contributed by atoms with Crippen molar-refractivity contribution in [1.29, 1.82) is 0 Å². The highest BCUT2D eigenvalue weighted by Crippen LogP contribution is 2.54. The largest absolute Gasteiger partial charge is 0.387 e. The van der Waals surface area contributed by atoms with Crippen LogP contribution in [0.2, 0.25) is 0 Å². The SMILES string of the molecule is O[C@@H]1[C@@H]2O[C@@H]2c2c(cc3ccc4c5c(c6c(c2c35)=CC=CC6)C=CC4)[C@H]1O. The average Bonchev–Trinajstić information content (AvgIpc) is 3.51. The Bertz CT molecular complexity index is 1300. The lowest BCUT2D eigenvalue weighted by Gasteiger charge is -2.28. The van der Waals surface area contributed by atoms with Crippen LogP contribution in [0.5, 0.6) is 0 Å². The van der Waals surface area contributed by atoms with Crippen molar-refractivity contribution < 1.29 is 14.9 Å². The Morgan fingerprint density at radius 1 is 1.00 bits per heavy atom. The van der Waals surface area contributed by atoms with Gasteiger partial charge in [-0.25, -0.2) is 0 Å². The molecule has 0 bridgehead atoms. The Morgan fingerprint density at radius 3 is 2.85 bits per heavy atom. The maximum atomic E-state index is 10.8. The minimum absolute atomic E-state index is 0.109. The van der Waals surface area contributed by atoms with Gasteiger partial charge in [-0.15, -0.1) is 0 Å². The summed E-state index contributed by atoms with van der Waals surface area (Å²) in [7, 11) is 0. The summed E-state index contributed by atoms with van der Waals surface area (Å²) in [6.45, 7) is 0. The van der Waals surface area contributed by atoms with E-state index in [1.54, 1.807) is 0 Å². The number of ether oxygens (including phenoxy) is 1. The van der Waals surface area contributed by atoms with Crippen LogP contribution in [0.15, 0.2) is 36.4 Å². The lowest BCUT2D eigenvalue weighted by atomic mass is 9.77. The molecule has 0 aromatic heterocycles. The molecular formula is C24H18O3. The predicted molar refractivity (Wildman–Crippen MR) is 105 cm³/mol. The van der Waals surface area contributed by atoms with Gasteiger partial charge in [0.2, 0.25) is 0 Å². The predicted octanol–water partition coefficient (Wildman–Crippen LogP) is 3.02. The molecule has 3 aromatic carbocycles. The third-order valence-electron chi connectivity index (χ3n) is 6.79. The third-order valence-corrected chi connectivity index (χ3v) is 6.79. The number of aliphatic hydroxyl groups is 2. The lowest BCUT2D eigenvalue weighted by Crippen LogP contribution is -2.30. The van der Waals surface area contributed by atoms with E-state index in [1.807, 2.05) is 0 Å². The molecule has 7 rings (SSSR count). The number of fused-ring (bicyclic) bond motifs is 7. The van der Waals surface area contributed by atoms with Gasteiger partial charge in [0.1, 0.15) is 24.4 Å². The minimum Gasteiger partial charge on any atom is -0.387 e. The van der Waals surface area contributed by atoms with Crippen LogP contribution in [0, 0.1) is 0 Å². The van der Waals surface area contributed by atoms with Gasteiger partial charge in [0.25, 0.3) is 0 Å². The molecule has 4 atom stereocenters. The van der Waals surface area contributed by atoms with Crippen molar-refractivity contribution in [3.63, 3.8) is 0 Å². The number of allylic oxidation sites excluding steroid dienone is 3. The number of rotatable bonds is 0. The van der Waals surface area contributed by atoms with Gasteiger partial charge in [0, 0.05) is 0 Å². The van der Waals surface area contributed by atoms with Crippen LogP contribution in [-0.2, 0) is 17.6 Å². The van der Waals surface area contributed by atoms with Crippen LogP contribution in [-0.4, -0.2) is 22.4 Å². The first-order valence-corrected chi connectivity index (χ1v) is 9.65. The van der Waals surface area contributed by atoms with Crippen LogP contribution in [0.3, 0.4) is 0 Å². The van der Waals surface area contributed by atoms with Gasteiger partial charge in [0.05, 0.1) is 0 Å². The molecule has 3 aliphatic carbocycles. The van der Waals surface area contributed by atoms with Gasteiger partial charge in [0.15, 0.2) is 0 Å². The highest BCUT2D eigenvalue weighted by molar-refractivity contribution is 6.17.